The van der Waals surface area contributed by atoms with Crippen LogP contribution in [-0.2, 0) is 0 Å². The molecule has 0 bridgehead atoms. The molecule has 0 aliphatic rings. The van der Waals surface area contributed by atoms with Gasteiger partial charge in [-0.25, -0.2) is 4.39 Å². The van der Waals surface area contributed by atoms with E-state index in [9.17, 15) is 14.4 Å². The van der Waals surface area contributed by atoms with Gasteiger partial charge in [-0.2, -0.15) is 5.26 Å². The van der Waals surface area contributed by atoms with Crippen LogP contribution in [0.25, 0.3) is 0 Å². The Morgan fingerprint density at radius 3 is 2.65 bits per heavy atom. The second-order valence-electron chi connectivity index (χ2n) is 4.43. The molecule has 0 heterocycles. The van der Waals surface area contributed by atoms with Gasteiger partial charge in [0.15, 0.2) is 0 Å². The van der Waals surface area contributed by atoms with Crippen molar-refractivity contribution in [2.24, 2.45) is 0 Å². The second-order valence-corrected chi connectivity index (χ2v) is 4.43. The molecule has 0 aliphatic heterocycles. The molecule has 2 aromatic carbocycles. The standard InChI is InChI=1S/C16H13FN2O/c1-11-5-4-6-12(9-11)15(10-18)19-16(20)13-7-2-3-8-14(13)17/h2-9,15H,1H3,(H,19,20). The minimum absolute atomic E-state index is 0.0691. The number of rotatable bonds is 3. The van der Waals surface area contributed by atoms with Crippen LogP contribution < -0.4 is 5.32 Å². The van der Waals surface area contributed by atoms with Crippen LogP contribution in [0.2, 0.25) is 0 Å². The fourth-order valence-electron chi connectivity index (χ4n) is 1.89. The third-order valence-electron chi connectivity index (χ3n) is 2.90. The Bertz CT molecular complexity index is 676. The molecule has 2 aromatic rings. The van der Waals surface area contributed by atoms with Gasteiger partial charge in [0.2, 0.25) is 0 Å². The van der Waals surface area contributed by atoms with Gasteiger partial charge in [-0.1, -0.05) is 42.0 Å². The van der Waals surface area contributed by atoms with Crippen LogP contribution in [0.1, 0.15) is 27.5 Å². The van der Waals surface area contributed by atoms with E-state index < -0.39 is 17.8 Å². The Kier molecular flexibility index (Phi) is 4.11. The smallest absolute Gasteiger partial charge is 0.255 e. The highest BCUT2D eigenvalue weighted by molar-refractivity contribution is 5.94. The number of nitrogens with zero attached hydrogens (tertiary/aromatic N) is 1. The number of carbonyl (C=O) groups excluding carboxylic acids is 1. The van der Waals surface area contributed by atoms with E-state index in [0.29, 0.717) is 5.56 Å². The van der Waals surface area contributed by atoms with Crippen molar-refractivity contribution in [2.75, 3.05) is 0 Å². The lowest BCUT2D eigenvalue weighted by Gasteiger charge is -2.13. The maximum atomic E-state index is 13.5. The summed E-state index contributed by atoms with van der Waals surface area (Å²) in [6.07, 6.45) is 0. The Labute approximate surface area is 116 Å². The summed E-state index contributed by atoms with van der Waals surface area (Å²) >= 11 is 0. The zero-order chi connectivity index (χ0) is 14.5. The number of carbonyl (C=O) groups is 1. The Balaban J connectivity index is 2.22. The van der Waals surface area contributed by atoms with Crippen LogP contribution in [0.4, 0.5) is 4.39 Å². The summed E-state index contributed by atoms with van der Waals surface area (Å²) in [6.45, 7) is 1.90. The summed E-state index contributed by atoms with van der Waals surface area (Å²) in [5.74, 6) is -1.21. The predicted octanol–water partition coefficient (Wildman–Crippen LogP) is 3.13. The fraction of sp³-hybridized carbons (Fsp3) is 0.125. The van der Waals surface area contributed by atoms with Crippen molar-refractivity contribution < 1.29 is 9.18 Å². The van der Waals surface area contributed by atoms with Crippen LogP contribution >= 0.6 is 0 Å². The zero-order valence-corrected chi connectivity index (χ0v) is 10.9. The number of hydrogen-bond acceptors (Lipinski definition) is 2. The maximum Gasteiger partial charge on any atom is 0.255 e. The van der Waals surface area contributed by atoms with E-state index in [1.165, 1.54) is 18.2 Å². The largest absolute Gasteiger partial charge is 0.332 e. The lowest BCUT2D eigenvalue weighted by molar-refractivity contribution is 0.0941. The molecule has 1 unspecified atom stereocenters. The summed E-state index contributed by atoms with van der Waals surface area (Å²) in [7, 11) is 0. The average Bonchev–Trinajstić information content (AvgIpc) is 2.45. The van der Waals surface area contributed by atoms with E-state index >= 15 is 0 Å². The fourth-order valence-corrected chi connectivity index (χ4v) is 1.89. The van der Waals surface area contributed by atoms with Crippen molar-refractivity contribution >= 4 is 5.91 Å². The minimum Gasteiger partial charge on any atom is -0.332 e. The molecular formula is C16H13FN2O. The number of halogens is 1. The third kappa shape index (κ3) is 3.01. The number of hydrogen-bond donors (Lipinski definition) is 1. The van der Waals surface area contributed by atoms with Crippen molar-refractivity contribution in [3.63, 3.8) is 0 Å². The number of amides is 1. The topological polar surface area (TPSA) is 52.9 Å². The van der Waals surface area contributed by atoms with Crippen LogP contribution in [0, 0.1) is 24.1 Å². The molecule has 4 heteroatoms. The molecule has 0 saturated heterocycles. The van der Waals surface area contributed by atoms with Crippen LogP contribution in [0.3, 0.4) is 0 Å². The molecular weight excluding hydrogens is 255 g/mol. The van der Waals surface area contributed by atoms with Crippen LogP contribution in [-0.4, -0.2) is 5.91 Å². The number of aryl methyl sites for hydroxylation is 1. The molecule has 1 amide bonds. The molecule has 0 fully saturated rings. The van der Waals surface area contributed by atoms with Crippen molar-refractivity contribution in [3.05, 3.63) is 71.0 Å². The number of benzene rings is 2. The van der Waals surface area contributed by atoms with E-state index in [4.69, 9.17) is 0 Å². The molecule has 0 saturated carbocycles. The highest BCUT2D eigenvalue weighted by atomic mass is 19.1. The zero-order valence-electron chi connectivity index (χ0n) is 10.9. The molecule has 0 spiro atoms. The highest BCUT2D eigenvalue weighted by Crippen LogP contribution is 2.15. The summed E-state index contributed by atoms with van der Waals surface area (Å²) < 4.78 is 13.5. The van der Waals surface area contributed by atoms with Crippen LogP contribution in [0.15, 0.2) is 48.5 Å². The summed E-state index contributed by atoms with van der Waals surface area (Å²) in [6, 6.07) is 14.2. The Morgan fingerprint density at radius 1 is 1.25 bits per heavy atom. The third-order valence-corrected chi connectivity index (χ3v) is 2.90. The molecule has 0 aliphatic carbocycles. The van der Waals surface area contributed by atoms with Gasteiger partial charge >= 0.3 is 0 Å². The molecule has 3 nitrogen and oxygen atoms in total. The summed E-state index contributed by atoms with van der Waals surface area (Å²) in [4.78, 5) is 12.0. The maximum absolute atomic E-state index is 13.5. The SMILES string of the molecule is Cc1cccc(C(C#N)NC(=O)c2ccccc2F)c1. The normalized spacial score (nSPS) is 11.4. The van der Waals surface area contributed by atoms with E-state index in [0.717, 1.165) is 5.56 Å². The quantitative estimate of drug-likeness (QED) is 0.929. The first kappa shape index (κ1) is 13.8. The Hall–Kier alpha value is -2.67. The van der Waals surface area contributed by atoms with Gasteiger partial charge in [0.1, 0.15) is 11.9 Å². The van der Waals surface area contributed by atoms with E-state index in [1.54, 1.807) is 12.1 Å². The number of nitriles is 1. The average molecular weight is 268 g/mol. The first-order valence-electron chi connectivity index (χ1n) is 6.13. The van der Waals surface area contributed by atoms with Crippen molar-refractivity contribution in [1.29, 1.82) is 5.26 Å². The van der Waals surface area contributed by atoms with Gasteiger partial charge in [-0.05, 0) is 24.6 Å². The van der Waals surface area contributed by atoms with Crippen molar-refractivity contribution in [1.82, 2.24) is 5.32 Å². The van der Waals surface area contributed by atoms with Gasteiger partial charge in [-0.15, -0.1) is 0 Å². The van der Waals surface area contributed by atoms with Crippen LogP contribution in [0.5, 0.6) is 0 Å². The number of nitrogens with one attached hydrogen (secondary N) is 1. The first-order valence-corrected chi connectivity index (χ1v) is 6.13. The minimum atomic E-state index is -0.804. The molecule has 2 rings (SSSR count). The summed E-state index contributed by atoms with van der Waals surface area (Å²) in [5.41, 5.74) is 1.60. The molecule has 1 N–H and O–H groups in total. The van der Waals surface area contributed by atoms with Gasteiger partial charge in [-0.3, -0.25) is 4.79 Å². The molecule has 0 aromatic heterocycles. The predicted molar refractivity (Wildman–Crippen MR) is 73.4 cm³/mol. The monoisotopic (exact) mass is 268 g/mol. The van der Waals surface area contributed by atoms with Gasteiger partial charge in [0, 0.05) is 0 Å². The van der Waals surface area contributed by atoms with Crippen molar-refractivity contribution in [2.45, 2.75) is 13.0 Å². The lowest BCUT2D eigenvalue weighted by Crippen LogP contribution is -2.28. The molecule has 100 valence electrons. The first-order chi connectivity index (χ1) is 9.61. The van der Waals surface area contributed by atoms with Gasteiger partial charge in [0.05, 0.1) is 11.6 Å². The van der Waals surface area contributed by atoms with E-state index in [-0.39, 0.29) is 5.56 Å². The van der Waals surface area contributed by atoms with Gasteiger partial charge < -0.3 is 5.32 Å². The molecule has 20 heavy (non-hydrogen) atoms. The van der Waals surface area contributed by atoms with Gasteiger partial charge in [0.25, 0.3) is 5.91 Å². The molecule has 1 atom stereocenters. The second kappa shape index (κ2) is 5.98. The van der Waals surface area contributed by atoms with Crippen molar-refractivity contribution in [3.8, 4) is 6.07 Å². The Morgan fingerprint density at radius 2 is 2.00 bits per heavy atom. The highest BCUT2D eigenvalue weighted by Gasteiger charge is 2.17. The summed E-state index contributed by atoms with van der Waals surface area (Å²) in [5, 5.41) is 11.7. The molecule has 0 radical (unpaired) electrons. The van der Waals surface area contributed by atoms with E-state index in [2.05, 4.69) is 5.32 Å². The van der Waals surface area contributed by atoms with E-state index in [1.807, 2.05) is 31.2 Å². The lowest BCUT2D eigenvalue weighted by atomic mass is 10.0.